The minimum atomic E-state index is -0.256. The molecule has 0 aliphatic carbocycles. The van der Waals surface area contributed by atoms with Crippen LogP contribution in [0.15, 0.2) is 65.4 Å². The van der Waals surface area contributed by atoms with E-state index in [-0.39, 0.29) is 5.91 Å². The average molecular weight is 538 g/mol. The number of amides is 1. The van der Waals surface area contributed by atoms with Gasteiger partial charge in [-0.1, -0.05) is 27.5 Å². The fourth-order valence-electron chi connectivity index (χ4n) is 4.08. The molecule has 0 unspecified atom stereocenters. The zero-order valence-electron chi connectivity index (χ0n) is 18.5. The number of piperazine rings is 1. The largest absolute Gasteiger partial charge is 0.353 e. The van der Waals surface area contributed by atoms with Crippen molar-refractivity contribution >= 4 is 61.8 Å². The van der Waals surface area contributed by atoms with Gasteiger partial charge in [0.05, 0.1) is 16.1 Å². The number of nitrogens with zero attached hydrogens (tertiary/aromatic N) is 5. The molecule has 2 aromatic carbocycles. The summed E-state index contributed by atoms with van der Waals surface area (Å²) in [7, 11) is 0. The van der Waals surface area contributed by atoms with Crippen molar-refractivity contribution in [3.63, 3.8) is 0 Å². The van der Waals surface area contributed by atoms with E-state index in [4.69, 9.17) is 16.6 Å². The first-order valence-electron chi connectivity index (χ1n) is 10.9. The molecular weight excluding hydrogens is 516 g/mol. The first-order valence-corrected chi connectivity index (χ1v) is 12.1. The van der Waals surface area contributed by atoms with Gasteiger partial charge in [0, 0.05) is 54.1 Å². The summed E-state index contributed by atoms with van der Waals surface area (Å²) in [6.07, 6.45) is 3.54. The van der Waals surface area contributed by atoms with Gasteiger partial charge in [-0.2, -0.15) is 0 Å². The Labute approximate surface area is 210 Å². The van der Waals surface area contributed by atoms with Gasteiger partial charge in [0.1, 0.15) is 5.82 Å². The second-order valence-electron chi connectivity index (χ2n) is 8.13. The number of hydrogen-bond acceptors (Lipinski definition) is 6. The fourth-order valence-corrected chi connectivity index (χ4v) is 4.64. The quantitative estimate of drug-likeness (QED) is 0.379. The van der Waals surface area contributed by atoms with Crippen LogP contribution >= 0.6 is 27.5 Å². The van der Waals surface area contributed by atoms with Crippen molar-refractivity contribution in [3.8, 4) is 0 Å². The van der Waals surface area contributed by atoms with E-state index >= 15 is 0 Å². The molecule has 1 N–H and O–H groups in total. The second kappa shape index (κ2) is 9.56. The summed E-state index contributed by atoms with van der Waals surface area (Å²) < 4.78 is 0.797. The normalized spacial score (nSPS) is 13.9. The van der Waals surface area contributed by atoms with Gasteiger partial charge in [0.25, 0.3) is 5.91 Å². The number of carbonyl (C=O) groups is 1. The molecule has 0 spiro atoms. The van der Waals surface area contributed by atoms with Crippen LogP contribution in [0.5, 0.6) is 0 Å². The number of aromatic nitrogens is 3. The topological polar surface area (TPSA) is 74.2 Å². The van der Waals surface area contributed by atoms with Crippen molar-refractivity contribution in [3.05, 3.63) is 81.5 Å². The van der Waals surface area contributed by atoms with Crippen LogP contribution in [0.3, 0.4) is 0 Å². The Morgan fingerprint density at radius 1 is 1.00 bits per heavy atom. The lowest BCUT2D eigenvalue weighted by molar-refractivity contribution is 0.102. The molecule has 0 atom stereocenters. The number of carbonyl (C=O) groups excluding carboxylic acids is 1. The van der Waals surface area contributed by atoms with E-state index in [1.807, 2.05) is 24.3 Å². The molecule has 1 aliphatic rings. The van der Waals surface area contributed by atoms with E-state index in [9.17, 15) is 4.79 Å². The summed E-state index contributed by atoms with van der Waals surface area (Å²) >= 11 is 9.59. The van der Waals surface area contributed by atoms with E-state index in [1.165, 1.54) is 0 Å². The van der Waals surface area contributed by atoms with Gasteiger partial charge in [-0.15, -0.1) is 0 Å². The van der Waals surface area contributed by atoms with Crippen LogP contribution < -0.4 is 15.1 Å². The lowest BCUT2D eigenvalue weighted by Crippen LogP contribution is -2.47. The minimum Gasteiger partial charge on any atom is -0.353 e. The molecule has 1 aliphatic heterocycles. The van der Waals surface area contributed by atoms with E-state index in [0.717, 1.165) is 58.9 Å². The first kappa shape index (κ1) is 22.6. The van der Waals surface area contributed by atoms with Gasteiger partial charge in [-0.25, -0.2) is 15.0 Å². The third-order valence-corrected chi connectivity index (χ3v) is 6.69. The van der Waals surface area contributed by atoms with Crippen molar-refractivity contribution in [2.75, 3.05) is 41.3 Å². The smallest absolute Gasteiger partial charge is 0.257 e. The number of hydrogen-bond donors (Lipinski definition) is 1. The molecule has 3 heterocycles. The van der Waals surface area contributed by atoms with Gasteiger partial charge < -0.3 is 15.1 Å². The molecule has 5 rings (SSSR count). The third-order valence-electron chi connectivity index (χ3n) is 5.87. The molecule has 7 nitrogen and oxygen atoms in total. The summed E-state index contributed by atoms with van der Waals surface area (Å²) in [5.74, 6) is 1.47. The number of halogens is 2. The highest BCUT2D eigenvalue weighted by atomic mass is 79.9. The number of fused-ring (bicyclic) bond motifs is 1. The maximum absolute atomic E-state index is 12.7. The lowest BCUT2D eigenvalue weighted by Gasteiger charge is -2.35. The molecule has 4 aromatic rings. The van der Waals surface area contributed by atoms with Crippen molar-refractivity contribution < 1.29 is 4.79 Å². The van der Waals surface area contributed by atoms with Gasteiger partial charge in [-0.3, -0.25) is 4.79 Å². The Balaban J connectivity index is 1.33. The number of anilines is 3. The van der Waals surface area contributed by atoms with Crippen LogP contribution in [-0.4, -0.2) is 47.0 Å². The highest BCUT2D eigenvalue weighted by Crippen LogP contribution is 2.27. The Kier molecular flexibility index (Phi) is 6.34. The van der Waals surface area contributed by atoms with Gasteiger partial charge in [-0.05, 0) is 61.0 Å². The van der Waals surface area contributed by atoms with Crippen LogP contribution in [0.1, 0.15) is 15.9 Å². The van der Waals surface area contributed by atoms with E-state index < -0.39 is 0 Å². The molecule has 172 valence electrons. The Morgan fingerprint density at radius 2 is 1.74 bits per heavy atom. The Bertz CT molecular complexity index is 1360. The highest BCUT2D eigenvalue weighted by molar-refractivity contribution is 9.10. The predicted octanol–water partition coefficient (Wildman–Crippen LogP) is 5.33. The van der Waals surface area contributed by atoms with Gasteiger partial charge in [0.2, 0.25) is 5.95 Å². The van der Waals surface area contributed by atoms with Crippen molar-refractivity contribution in [2.24, 2.45) is 0 Å². The van der Waals surface area contributed by atoms with Crippen molar-refractivity contribution in [1.82, 2.24) is 15.0 Å². The van der Waals surface area contributed by atoms with Crippen molar-refractivity contribution in [1.29, 1.82) is 0 Å². The monoisotopic (exact) mass is 536 g/mol. The molecule has 34 heavy (non-hydrogen) atoms. The predicted molar refractivity (Wildman–Crippen MR) is 140 cm³/mol. The molecule has 1 amide bonds. The summed E-state index contributed by atoms with van der Waals surface area (Å²) in [5.41, 5.74) is 3.11. The highest BCUT2D eigenvalue weighted by Gasteiger charge is 2.20. The zero-order valence-corrected chi connectivity index (χ0v) is 20.8. The molecule has 0 bridgehead atoms. The van der Waals surface area contributed by atoms with Crippen LogP contribution in [0.4, 0.5) is 17.5 Å². The first-order chi connectivity index (χ1) is 16.5. The summed E-state index contributed by atoms with van der Waals surface area (Å²) in [5, 5.41) is 4.35. The number of aryl methyl sites for hydroxylation is 1. The maximum Gasteiger partial charge on any atom is 0.257 e. The van der Waals surface area contributed by atoms with Crippen LogP contribution in [0.25, 0.3) is 10.9 Å². The number of pyridine rings is 1. The van der Waals surface area contributed by atoms with Crippen LogP contribution in [-0.2, 0) is 0 Å². The fraction of sp³-hybridized carbons (Fsp3) is 0.200. The molecule has 0 saturated carbocycles. The third kappa shape index (κ3) is 4.69. The lowest BCUT2D eigenvalue weighted by atomic mass is 10.1. The molecule has 2 aromatic heterocycles. The number of benzene rings is 2. The van der Waals surface area contributed by atoms with Crippen molar-refractivity contribution in [2.45, 2.75) is 6.92 Å². The van der Waals surface area contributed by atoms with Gasteiger partial charge >= 0.3 is 0 Å². The Morgan fingerprint density at radius 3 is 2.50 bits per heavy atom. The van der Waals surface area contributed by atoms with E-state index in [1.54, 1.807) is 30.6 Å². The maximum atomic E-state index is 12.7. The summed E-state index contributed by atoms with van der Waals surface area (Å²) in [4.78, 5) is 30.8. The van der Waals surface area contributed by atoms with E-state index in [2.05, 4.69) is 54.0 Å². The molecule has 1 fully saturated rings. The van der Waals surface area contributed by atoms with E-state index in [0.29, 0.717) is 16.3 Å². The minimum absolute atomic E-state index is 0.256. The average Bonchev–Trinajstić information content (AvgIpc) is 2.86. The van der Waals surface area contributed by atoms with Crippen LogP contribution in [0, 0.1) is 6.92 Å². The summed E-state index contributed by atoms with van der Waals surface area (Å²) in [6.45, 7) is 5.44. The number of rotatable bonds is 4. The number of nitrogens with one attached hydrogen (secondary N) is 1. The molecular formula is C25H22BrClN6O. The standard InChI is InChI=1S/C25H22BrClN6O/c1-16-13-23(32-9-11-33(12-10-32)25-28-7-2-8-29-25)31-22-6-4-18(15-19(16)22)30-24(34)20-14-17(26)3-5-21(20)27/h2-8,13-15H,9-12H2,1H3,(H,30,34). The second-order valence-corrected chi connectivity index (χ2v) is 9.45. The Hall–Kier alpha value is -3.23. The SMILES string of the molecule is Cc1cc(N2CCN(c3ncccn3)CC2)nc2ccc(NC(=O)c3cc(Br)ccc3Cl)cc12. The van der Waals surface area contributed by atoms with Crippen LogP contribution in [0.2, 0.25) is 5.02 Å². The molecule has 0 radical (unpaired) electrons. The van der Waals surface area contributed by atoms with Gasteiger partial charge in [0.15, 0.2) is 0 Å². The summed E-state index contributed by atoms with van der Waals surface area (Å²) in [6, 6.07) is 14.9. The molecule has 9 heteroatoms. The zero-order chi connectivity index (χ0) is 23.7. The molecule has 1 saturated heterocycles.